The minimum absolute atomic E-state index is 0.137. The average molecular weight is 356 g/mol. The molecule has 1 N–H and O–H groups in total. The molecule has 0 unspecified atom stereocenters. The van der Waals surface area contributed by atoms with Crippen molar-refractivity contribution in [1.82, 2.24) is 15.0 Å². The highest BCUT2D eigenvalue weighted by atomic mass is 32.2. The van der Waals surface area contributed by atoms with E-state index in [2.05, 4.69) is 15.6 Å². The monoisotopic (exact) mass is 356 g/mol. The predicted molar refractivity (Wildman–Crippen MR) is 93.1 cm³/mol. The number of benzene rings is 2. The number of sulfone groups is 1. The molecule has 128 valence electrons. The van der Waals surface area contributed by atoms with Gasteiger partial charge in [-0.05, 0) is 23.8 Å². The van der Waals surface area contributed by atoms with Crippen LogP contribution in [0.2, 0.25) is 0 Å². The van der Waals surface area contributed by atoms with E-state index in [0.29, 0.717) is 12.2 Å². The van der Waals surface area contributed by atoms with E-state index in [4.69, 9.17) is 0 Å². The van der Waals surface area contributed by atoms with E-state index in [-0.39, 0.29) is 10.6 Å². The number of hydrogen-bond acceptors (Lipinski definition) is 5. The zero-order valence-electron chi connectivity index (χ0n) is 13.5. The van der Waals surface area contributed by atoms with Gasteiger partial charge in [-0.25, -0.2) is 13.1 Å². The maximum Gasteiger partial charge on any atom is 0.277 e. The summed E-state index contributed by atoms with van der Waals surface area (Å²) in [6.45, 7) is 0.505. The summed E-state index contributed by atoms with van der Waals surface area (Å²) in [6.07, 6.45) is 2.66. The van der Waals surface area contributed by atoms with Crippen molar-refractivity contribution in [1.29, 1.82) is 0 Å². The van der Waals surface area contributed by atoms with E-state index in [1.54, 1.807) is 23.0 Å². The van der Waals surface area contributed by atoms with E-state index in [1.807, 2.05) is 30.3 Å². The molecule has 0 radical (unpaired) electrons. The molecule has 3 aromatic rings. The number of amides is 1. The molecule has 1 amide bonds. The highest BCUT2D eigenvalue weighted by Gasteiger charge is 2.13. The standard InChI is InChI=1S/C17H16N4O3S/c1-25(23,24)15-9-5-8-14(10-15)18-17(22)16-12-21(20-19-16)11-13-6-3-2-4-7-13/h2-10,12H,11H2,1H3,(H,18,22). The van der Waals surface area contributed by atoms with Gasteiger partial charge in [-0.15, -0.1) is 5.10 Å². The molecule has 0 bridgehead atoms. The van der Waals surface area contributed by atoms with Crippen molar-refractivity contribution in [2.45, 2.75) is 11.4 Å². The third-order valence-electron chi connectivity index (χ3n) is 3.48. The van der Waals surface area contributed by atoms with Crippen LogP contribution in [0.3, 0.4) is 0 Å². The fraction of sp³-hybridized carbons (Fsp3) is 0.118. The van der Waals surface area contributed by atoms with Crippen molar-refractivity contribution in [3.8, 4) is 0 Å². The van der Waals surface area contributed by atoms with Gasteiger partial charge in [-0.2, -0.15) is 0 Å². The van der Waals surface area contributed by atoms with Crippen LogP contribution in [-0.2, 0) is 16.4 Å². The van der Waals surface area contributed by atoms with Crippen LogP contribution < -0.4 is 5.32 Å². The number of rotatable bonds is 5. The lowest BCUT2D eigenvalue weighted by molar-refractivity contribution is 0.102. The van der Waals surface area contributed by atoms with E-state index in [1.165, 1.54) is 12.1 Å². The Kier molecular flexibility index (Phi) is 4.62. The zero-order chi connectivity index (χ0) is 17.9. The quantitative estimate of drug-likeness (QED) is 0.754. The van der Waals surface area contributed by atoms with E-state index < -0.39 is 15.7 Å². The third kappa shape index (κ3) is 4.30. The van der Waals surface area contributed by atoms with Crippen molar-refractivity contribution in [3.63, 3.8) is 0 Å². The lowest BCUT2D eigenvalue weighted by atomic mass is 10.2. The number of carbonyl (C=O) groups is 1. The first-order valence-corrected chi connectivity index (χ1v) is 9.36. The second-order valence-electron chi connectivity index (χ2n) is 5.54. The molecular formula is C17H16N4O3S. The Morgan fingerprint density at radius 3 is 2.60 bits per heavy atom. The van der Waals surface area contributed by atoms with Crippen molar-refractivity contribution >= 4 is 21.4 Å². The minimum atomic E-state index is -3.34. The van der Waals surface area contributed by atoms with Crippen molar-refractivity contribution in [2.75, 3.05) is 11.6 Å². The average Bonchev–Trinajstić information content (AvgIpc) is 3.04. The molecule has 0 aliphatic rings. The summed E-state index contributed by atoms with van der Waals surface area (Å²) in [7, 11) is -3.34. The first-order valence-electron chi connectivity index (χ1n) is 7.47. The van der Waals surface area contributed by atoms with Gasteiger partial charge in [-0.3, -0.25) is 4.79 Å². The van der Waals surface area contributed by atoms with E-state index >= 15 is 0 Å². The molecule has 3 rings (SSSR count). The van der Waals surface area contributed by atoms with E-state index in [0.717, 1.165) is 11.8 Å². The van der Waals surface area contributed by atoms with Crippen LogP contribution in [0.4, 0.5) is 5.69 Å². The lowest BCUT2D eigenvalue weighted by Crippen LogP contribution is -2.13. The number of anilines is 1. The smallest absolute Gasteiger partial charge is 0.277 e. The highest BCUT2D eigenvalue weighted by Crippen LogP contribution is 2.16. The van der Waals surface area contributed by atoms with Crippen molar-refractivity contribution in [2.24, 2.45) is 0 Å². The summed E-state index contributed by atoms with van der Waals surface area (Å²) >= 11 is 0. The maximum absolute atomic E-state index is 12.3. The molecular weight excluding hydrogens is 340 g/mol. The topological polar surface area (TPSA) is 94.0 Å². The zero-order valence-corrected chi connectivity index (χ0v) is 14.3. The molecule has 2 aromatic carbocycles. The SMILES string of the molecule is CS(=O)(=O)c1cccc(NC(=O)c2cn(Cc3ccccc3)nn2)c1. The van der Waals surface area contributed by atoms with Crippen LogP contribution in [0.5, 0.6) is 0 Å². The first kappa shape index (κ1) is 16.8. The van der Waals surface area contributed by atoms with Gasteiger partial charge in [0.2, 0.25) is 0 Å². The summed E-state index contributed by atoms with van der Waals surface area (Å²) in [5, 5.41) is 10.4. The Balaban J connectivity index is 1.72. The van der Waals surface area contributed by atoms with Gasteiger partial charge in [0.1, 0.15) is 0 Å². The van der Waals surface area contributed by atoms with Crippen LogP contribution >= 0.6 is 0 Å². The fourth-order valence-electron chi connectivity index (χ4n) is 2.25. The number of nitrogens with zero attached hydrogens (tertiary/aromatic N) is 3. The van der Waals surface area contributed by atoms with Crippen molar-refractivity contribution in [3.05, 3.63) is 72.1 Å². The Bertz CT molecular complexity index is 997. The van der Waals surface area contributed by atoms with Gasteiger partial charge in [0, 0.05) is 11.9 Å². The van der Waals surface area contributed by atoms with E-state index in [9.17, 15) is 13.2 Å². The van der Waals surface area contributed by atoms with Crippen LogP contribution in [0.15, 0.2) is 65.7 Å². The van der Waals surface area contributed by atoms with Crippen LogP contribution in [-0.4, -0.2) is 35.6 Å². The molecule has 0 aliphatic carbocycles. The Morgan fingerprint density at radius 1 is 1.12 bits per heavy atom. The van der Waals surface area contributed by atoms with Gasteiger partial charge in [0.15, 0.2) is 15.5 Å². The second kappa shape index (κ2) is 6.86. The Labute approximate surface area is 145 Å². The summed E-state index contributed by atoms with van der Waals surface area (Å²) in [6, 6.07) is 15.7. The molecule has 0 aliphatic heterocycles. The van der Waals surface area contributed by atoms with Crippen molar-refractivity contribution < 1.29 is 13.2 Å². The summed E-state index contributed by atoms with van der Waals surface area (Å²) < 4.78 is 24.7. The second-order valence-corrected chi connectivity index (χ2v) is 7.56. The molecule has 0 spiro atoms. The number of nitrogens with one attached hydrogen (secondary N) is 1. The highest BCUT2D eigenvalue weighted by molar-refractivity contribution is 7.90. The maximum atomic E-state index is 12.3. The first-order chi connectivity index (χ1) is 11.9. The molecule has 25 heavy (non-hydrogen) atoms. The molecule has 0 atom stereocenters. The molecule has 1 aromatic heterocycles. The number of carbonyl (C=O) groups excluding carboxylic acids is 1. The Hall–Kier alpha value is -3.00. The summed E-state index contributed by atoms with van der Waals surface area (Å²) in [4.78, 5) is 12.4. The molecule has 0 saturated carbocycles. The largest absolute Gasteiger partial charge is 0.321 e. The van der Waals surface area contributed by atoms with Gasteiger partial charge in [0.05, 0.1) is 17.6 Å². The van der Waals surface area contributed by atoms with Crippen LogP contribution in [0.1, 0.15) is 16.1 Å². The Morgan fingerprint density at radius 2 is 1.88 bits per heavy atom. The van der Waals surface area contributed by atoms with Crippen LogP contribution in [0.25, 0.3) is 0 Å². The van der Waals surface area contributed by atoms with Gasteiger partial charge in [-0.1, -0.05) is 41.6 Å². The summed E-state index contributed by atoms with van der Waals surface area (Å²) in [5.41, 5.74) is 1.58. The minimum Gasteiger partial charge on any atom is -0.321 e. The van der Waals surface area contributed by atoms with Gasteiger partial charge >= 0.3 is 0 Å². The van der Waals surface area contributed by atoms with Crippen LogP contribution in [0, 0.1) is 0 Å². The number of hydrogen-bond donors (Lipinski definition) is 1. The molecule has 8 heteroatoms. The predicted octanol–water partition coefficient (Wildman–Crippen LogP) is 1.98. The summed E-state index contributed by atoms with van der Waals surface area (Å²) in [5.74, 6) is -0.454. The normalized spacial score (nSPS) is 11.2. The molecule has 0 fully saturated rings. The molecule has 1 heterocycles. The third-order valence-corrected chi connectivity index (χ3v) is 4.59. The fourth-order valence-corrected chi connectivity index (χ4v) is 2.92. The lowest BCUT2D eigenvalue weighted by Gasteiger charge is -2.05. The number of aromatic nitrogens is 3. The molecule has 0 saturated heterocycles. The van der Waals surface area contributed by atoms with Gasteiger partial charge < -0.3 is 5.32 Å². The van der Waals surface area contributed by atoms with Gasteiger partial charge in [0.25, 0.3) is 5.91 Å². The molecule has 7 nitrogen and oxygen atoms in total.